The van der Waals surface area contributed by atoms with Crippen molar-refractivity contribution in [2.45, 2.75) is 107 Å². The Hall–Kier alpha value is -1.93. The van der Waals surface area contributed by atoms with Gasteiger partial charge in [-0.15, -0.1) is 0 Å². The number of aryl methyl sites for hydroxylation is 1. The highest BCUT2D eigenvalue weighted by molar-refractivity contribution is 7.86. The summed E-state index contributed by atoms with van der Waals surface area (Å²) in [5, 5.41) is 1.85. The Morgan fingerprint density at radius 1 is 0.850 bits per heavy atom. The topological polar surface area (TPSA) is 102 Å². The van der Waals surface area contributed by atoms with Crippen LogP contribution in [0.15, 0.2) is 59.5 Å². The van der Waals surface area contributed by atoms with E-state index in [1.54, 1.807) is 24.3 Å². The number of fused-ring (bicyclic) bond motifs is 3. The largest absolute Gasteiger partial charge is 0.342 e. The third-order valence-electron chi connectivity index (χ3n) is 7.63. The number of hydroxylamine groups is 2. The van der Waals surface area contributed by atoms with Crippen molar-refractivity contribution in [2.75, 3.05) is 6.61 Å². The molecule has 40 heavy (non-hydrogen) atoms. The molecular formula is C29H37NO9S. The van der Waals surface area contributed by atoms with E-state index >= 15 is 0 Å². The molecule has 2 aromatic rings. The second-order valence-corrected chi connectivity index (χ2v) is 13.4. The van der Waals surface area contributed by atoms with Gasteiger partial charge in [-0.1, -0.05) is 48.0 Å². The maximum absolute atomic E-state index is 12.9. The molecule has 0 bridgehead atoms. The second-order valence-electron chi connectivity index (χ2n) is 11.8. The normalized spacial score (nSPS) is 35.0. The Kier molecular flexibility index (Phi) is 7.34. The van der Waals surface area contributed by atoms with E-state index < -0.39 is 58.5 Å². The average molecular weight is 576 g/mol. The number of benzene rings is 2. The van der Waals surface area contributed by atoms with Gasteiger partial charge in [-0.3, -0.25) is 9.02 Å². The molecule has 0 unspecified atom stereocenters. The molecule has 4 saturated heterocycles. The third kappa shape index (κ3) is 5.72. The molecule has 4 heterocycles. The van der Waals surface area contributed by atoms with Crippen molar-refractivity contribution in [3.05, 3.63) is 65.7 Å². The Morgan fingerprint density at radius 3 is 2.17 bits per heavy atom. The summed E-state index contributed by atoms with van der Waals surface area (Å²) in [6.07, 6.45) is -2.51. The van der Waals surface area contributed by atoms with Crippen molar-refractivity contribution >= 4 is 10.1 Å². The fourth-order valence-corrected chi connectivity index (χ4v) is 6.84. The standard InChI is InChI=1S/C29H37NO9S/c1-18-11-13-21(14-12-18)40(31,32)33-17-20-15-22(30(39-20)16-19-9-7-6-8-10-19)23-24-25(36-28(2,3)35-24)26-27(34-23)38-29(4,5)37-26/h6-14,20,22-27H,15-17H2,1-5H3/t20-,22+,23+,24-,25-,26+,27+/m0/s1. The lowest BCUT2D eigenvalue weighted by Gasteiger charge is -2.41. The van der Waals surface area contributed by atoms with Crippen LogP contribution in [-0.2, 0) is 49.4 Å². The highest BCUT2D eigenvalue weighted by atomic mass is 32.2. The van der Waals surface area contributed by atoms with Gasteiger partial charge in [0.2, 0.25) is 0 Å². The summed E-state index contributed by atoms with van der Waals surface area (Å²) in [4.78, 5) is 6.44. The van der Waals surface area contributed by atoms with Crippen LogP contribution >= 0.6 is 0 Å². The van der Waals surface area contributed by atoms with Gasteiger partial charge in [0.25, 0.3) is 10.1 Å². The predicted molar refractivity (Wildman–Crippen MR) is 142 cm³/mol. The fraction of sp³-hybridized carbons (Fsp3) is 0.586. The zero-order valence-corrected chi connectivity index (χ0v) is 24.2. The van der Waals surface area contributed by atoms with Gasteiger partial charge < -0.3 is 23.7 Å². The van der Waals surface area contributed by atoms with Crippen molar-refractivity contribution in [1.82, 2.24) is 5.06 Å². The zero-order chi connectivity index (χ0) is 28.3. The van der Waals surface area contributed by atoms with Crippen LogP contribution in [0, 0.1) is 6.92 Å². The molecule has 2 aromatic carbocycles. The highest BCUT2D eigenvalue weighted by Crippen LogP contribution is 2.46. The molecule has 10 nitrogen and oxygen atoms in total. The third-order valence-corrected chi connectivity index (χ3v) is 8.92. The van der Waals surface area contributed by atoms with Crippen molar-refractivity contribution in [1.29, 1.82) is 0 Å². The Balaban J connectivity index is 1.24. The SMILES string of the molecule is Cc1ccc(S(=O)(=O)OC[C@@H]2C[C@H]([C@H]3O[C@@H]4OC(C)(C)O[C@@H]4[C@H]4OC(C)(C)O[C@H]43)N(Cc3ccccc3)O2)cc1. The van der Waals surface area contributed by atoms with Crippen LogP contribution in [0.2, 0.25) is 0 Å². The highest BCUT2D eigenvalue weighted by Gasteiger charge is 2.63. The van der Waals surface area contributed by atoms with Crippen molar-refractivity contribution in [3.63, 3.8) is 0 Å². The maximum atomic E-state index is 12.9. The van der Waals surface area contributed by atoms with Crippen molar-refractivity contribution in [2.24, 2.45) is 0 Å². The van der Waals surface area contributed by atoms with Crippen LogP contribution in [0.3, 0.4) is 0 Å². The van der Waals surface area contributed by atoms with Crippen LogP contribution in [-0.4, -0.2) is 74.5 Å². The van der Waals surface area contributed by atoms with E-state index in [9.17, 15) is 8.42 Å². The average Bonchev–Trinajstić information content (AvgIpc) is 3.54. The number of nitrogens with zero attached hydrogens (tertiary/aromatic N) is 1. The summed E-state index contributed by atoms with van der Waals surface area (Å²) >= 11 is 0. The van der Waals surface area contributed by atoms with Gasteiger partial charge in [0.1, 0.15) is 30.5 Å². The molecule has 0 radical (unpaired) electrons. The fourth-order valence-electron chi connectivity index (χ4n) is 5.90. The minimum Gasteiger partial charge on any atom is -0.342 e. The minimum atomic E-state index is -3.95. The molecule has 0 spiro atoms. The summed E-state index contributed by atoms with van der Waals surface area (Å²) in [6.45, 7) is 9.67. The Bertz CT molecular complexity index is 1300. The summed E-state index contributed by atoms with van der Waals surface area (Å²) in [5.41, 5.74) is 2.00. The van der Waals surface area contributed by atoms with E-state index in [1.165, 1.54) is 0 Å². The van der Waals surface area contributed by atoms with E-state index in [1.807, 2.05) is 70.0 Å². The van der Waals surface area contributed by atoms with Crippen LogP contribution < -0.4 is 0 Å². The van der Waals surface area contributed by atoms with Crippen molar-refractivity contribution in [3.8, 4) is 0 Å². The molecule has 0 N–H and O–H groups in total. The molecule has 0 saturated carbocycles. The molecule has 4 aliphatic rings. The van der Waals surface area contributed by atoms with Gasteiger partial charge >= 0.3 is 0 Å². The molecule has 4 aliphatic heterocycles. The number of hydrogen-bond donors (Lipinski definition) is 0. The van der Waals surface area contributed by atoms with Crippen LogP contribution in [0.5, 0.6) is 0 Å². The molecular weight excluding hydrogens is 538 g/mol. The number of ether oxygens (including phenoxy) is 5. The molecule has 0 amide bonds. The lowest BCUT2D eigenvalue weighted by Crippen LogP contribution is -2.60. The van der Waals surface area contributed by atoms with Gasteiger partial charge in [-0.05, 0) is 58.7 Å². The maximum Gasteiger partial charge on any atom is 0.297 e. The molecule has 7 atom stereocenters. The van der Waals surface area contributed by atoms with E-state index in [0.717, 1.165) is 11.1 Å². The lowest BCUT2D eigenvalue weighted by molar-refractivity contribution is -0.265. The summed E-state index contributed by atoms with van der Waals surface area (Å²) in [5.74, 6) is -1.67. The van der Waals surface area contributed by atoms with E-state index in [-0.39, 0.29) is 17.5 Å². The first-order valence-electron chi connectivity index (χ1n) is 13.7. The van der Waals surface area contributed by atoms with E-state index in [4.69, 9.17) is 32.7 Å². The summed E-state index contributed by atoms with van der Waals surface area (Å²) in [7, 11) is -3.95. The summed E-state index contributed by atoms with van der Waals surface area (Å²) < 4.78 is 62.7. The molecule has 6 rings (SSSR count). The first-order chi connectivity index (χ1) is 18.9. The van der Waals surface area contributed by atoms with Crippen LogP contribution in [0.4, 0.5) is 0 Å². The van der Waals surface area contributed by atoms with Gasteiger partial charge in [0, 0.05) is 6.54 Å². The molecule has 0 aliphatic carbocycles. The quantitative estimate of drug-likeness (QED) is 0.455. The van der Waals surface area contributed by atoms with Gasteiger partial charge in [-0.25, -0.2) is 0 Å². The molecule has 4 fully saturated rings. The first kappa shape index (κ1) is 28.2. The number of rotatable bonds is 7. The lowest BCUT2D eigenvalue weighted by atomic mass is 9.91. The smallest absolute Gasteiger partial charge is 0.297 e. The monoisotopic (exact) mass is 575 g/mol. The van der Waals surface area contributed by atoms with E-state index in [0.29, 0.717) is 13.0 Å². The Labute approximate surface area is 235 Å². The number of hydrogen-bond acceptors (Lipinski definition) is 10. The molecule has 11 heteroatoms. The van der Waals surface area contributed by atoms with Gasteiger partial charge in [-0.2, -0.15) is 13.5 Å². The Morgan fingerprint density at radius 2 is 1.48 bits per heavy atom. The predicted octanol–water partition coefficient (Wildman–Crippen LogP) is 3.67. The van der Waals surface area contributed by atoms with Crippen molar-refractivity contribution < 1.29 is 41.1 Å². The zero-order valence-electron chi connectivity index (χ0n) is 23.4. The second kappa shape index (κ2) is 10.4. The van der Waals surface area contributed by atoms with Crippen LogP contribution in [0.1, 0.15) is 45.2 Å². The summed E-state index contributed by atoms with van der Waals surface area (Å²) in [6, 6.07) is 16.2. The molecule has 0 aromatic heterocycles. The van der Waals surface area contributed by atoms with E-state index in [2.05, 4.69) is 0 Å². The minimum absolute atomic E-state index is 0.109. The molecule has 218 valence electrons. The van der Waals surface area contributed by atoms with Gasteiger partial charge in [0.05, 0.1) is 17.5 Å². The van der Waals surface area contributed by atoms with Crippen LogP contribution in [0.25, 0.3) is 0 Å². The van der Waals surface area contributed by atoms with Gasteiger partial charge in [0.15, 0.2) is 17.9 Å². The first-order valence-corrected chi connectivity index (χ1v) is 15.1.